The first-order valence-corrected chi connectivity index (χ1v) is 12.3. The molecule has 0 spiro atoms. The van der Waals surface area contributed by atoms with E-state index in [4.69, 9.17) is 28.4 Å². The molecule has 3 aromatic rings. The third-order valence-electron chi connectivity index (χ3n) is 7.32. The van der Waals surface area contributed by atoms with Crippen LogP contribution in [0.4, 0.5) is 0 Å². The molecule has 0 bridgehead atoms. The lowest BCUT2D eigenvalue weighted by atomic mass is 10.0. The fourth-order valence-electron chi connectivity index (χ4n) is 5.42. The molecule has 36 heavy (non-hydrogen) atoms. The summed E-state index contributed by atoms with van der Waals surface area (Å²) in [6.45, 7) is 1.89. The molecule has 3 aliphatic rings. The number of benzene rings is 3. The van der Waals surface area contributed by atoms with Crippen LogP contribution in [0.1, 0.15) is 29.3 Å². The first-order valence-electron chi connectivity index (χ1n) is 12.3. The SMILES string of the molecule is COc1ccc(C2OC[C@H]3[C@@H](O2)[C@@H]2OC(c4ccc(OC)cc4)OC[C@@H]2N3Cc2ccccc2)cc1. The molecule has 188 valence electrons. The Bertz CT molecular complexity index is 1070. The van der Waals surface area contributed by atoms with E-state index in [2.05, 4.69) is 29.2 Å². The molecule has 3 fully saturated rings. The highest BCUT2D eigenvalue weighted by molar-refractivity contribution is 5.29. The quantitative estimate of drug-likeness (QED) is 0.506. The Morgan fingerprint density at radius 2 is 1.14 bits per heavy atom. The van der Waals surface area contributed by atoms with Gasteiger partial charge in [0.1, 0.15) is 23.7 Å². The molecule has 6 rings (SSSR count). The van der Waals surface area contributed by atoms with Gasteiger partial charge < -0.3 is 28.4 Å². The van der Waals surface area contributed by atoms with Crippen LogP contribution in [0.2, 0.25) is 0 Å². The molecule has 0 aliphatic carbocycles. The summed E-state index contributed by atoms with van der Waals surface area (Å²) < 4.78 is 36.4. The molecule has 0 aromatic heterocycles. The Morgan fingerprint density at radius 1 is 0.667 bits per heavy atom. The van der Waals surface area contributed by atoms with E-state index in [1.807, 2.05) is 54.6 Å². The highest BCUT2D eigenvalue weighted by atomic mass is 16.7. The van der Waals surface area contributed by atoms with Gasteiger partial charge in [-0.2, -0.15) is 0 Å². The van der Waals surface area contributed by atoms with E-state index in [0.717, 1.165) is 29.2 Å². The first kappa shape index (κ1) is 23.5. The minimum atomic E-state index is -0.458. The molecule has 0 saturated carbocycles. The second kappa shape index (κ2) is 10.2. The van der Waals surface area contributed by atoms with Crippen LogP contribution in [0.15, 0.2) is 78.9 Å². The van der Waals surface area contributed by atoms with Gasteiger partial charge in [0.25, 0.3) is 0 Å². The zero-order chi connectivity index (χ0) is 24.5. The van der Waals surface area contributed by atoms with Gasteiger partial charge in [0.05, 0.1) is 39.5 Å². The summed E-state index contributed by atoms with van der Waals surface area (Å²) in [5.74, 6) is 1.61. The van der Waals surface area contributed by atoms with Gasteiger partial charge in [0.2, 0.25) is 0 Å². The predicted molar refractivity (Wildman–Crippen MR) is 133 cm³/mol. The number of hydrogen-bond donors (Lipinski definition) is 0. The van der Waals surface area contributed by atoms with Crippen LogP contribution < -0.4 is 9.47 Å². The average Bonchev–Trinajstić information content (AvgIpc) is 3.25. The smallest absolute Gasteiger partial charge is 0.184 e. The largest absolute Gasteiger partial charge is 0.497 e. The van der Waals surface area contributed by atoms with Gasteiger partial charge >= 0.3 is 0 Å². The van der Waals surface area contributed by atoms with Crippen LogP contribution in [-0.2, 0) is 25.5 Å². The van der Waals surface area contributed by atoms with E-state index in [-0.39, 0.29) is 24.3 Å². The Hall–Kier alpha value is -2.94. The molecule has 0 N–H and O–H groups in total. The molecular formula is C29H31NO6. The second-order valence-corrected chi connectivity index (χ2v) is 9.37. The number of likely N-dealkylation sites (tertiary alicyclic amines) is 1. The van der Waals surface area contributed by atoms with Crippen LogP contribution in [-0.4, -0.2) is 56.6 Å². The Kier molecular flexibility index (Phi) is 6.65. The molecule has 3 saturated heterocycles. The fraction of sp³-hybridized carbons (Fsp3) is 0.379. The maximum absolute atomic E-state index is 6.62. The molecule has 3 aromatic carbocycles. The van der Waals surface area contributed by atoms with Gasteiger partial charge in [-0.1, -0.05) is 54.6 Å². The topological polar surface area (TPSA) is 58.6 Å². The molecule has 3 heterocycles. The number of hydrogen-bond acceptors (Lipinski definition) is 7. The zero-order valence-electron chi connectivity index (χ0n) is 20.5. The highest BCUT2D eigenvalue weighted by Gasteiger charge is 2.56. The summed E-state index contributed by atoms with van der Waals surface area (Å²) in [6.07, 6.45) is -1.21. The molecule has 3 aliphatic heterocycles. The summed E-state index contributed by atoms with van der Waals surface area (Å²) >= 11 is 0. The fourth-order valence-corrected chi connectivity index (χ4v) is 5.42. The van der Waals surface area contributed by atoms with E-state index in [1.165, 1.54) is 5.56 Å². The first-order chi connectivity index (χ1) is 17.7. The van der Waals surface area contributed by atoms with E-state index in [0.29, 0.717) is 13.2 Å². The van der Waals surface area contributed by atoms with E-state index >= 15 is 0 Å². The van der Waals surface area contributed by atoms with E-state index in [9.17, 15) is 0 Å². The van der Waals surface area contributed by atoms with E-state index < -0.39 is 12.6 Å². The summed E-state index contributed by atoms with van der Waals surface area (Å²) in [5, 5.41) is 0. The molecule has 6 atom stereocenters. The van der Waals surface area contributed by atoms with Gasteiger partial charge in [0, 0.05) is 17.7 Å². The number of fused-ring (bicyclic) bond motifs is 3. The van der Waals surface area contributed by atoms with Crippen molar-refractivity contribution in [3.63, 3.8) is 0 Å². The van der Waals surface area contributed by atoms with Crippen molar-refractivity contribution in [3.8, 4) is 11.5 Å². The zero-order valence-corrected chi connectivity index (χ0v) is 20.5. The summed E-state index contributed by atoms with van der Waals surface area (Å²) in [4.78, 5) is 2.43. The van der Waals surface area contributed by atoms with Crippen molar-refractivity contribution < 1.29 is 28.4 Å². The van der Waals surface area contributed by atoms with Crippen molar-refractivity contribution >= 4 is 0 Å². The lowest BCUT2D eigenvalue weighted by Gasteiger charge is -2.37. The van der Waals surface area contributed by atoms with E-state index in [1.54, 1.807) is 14.2 Å². The maximum atomic E-state index is 6.62. The normalized spacial score (nSPS) is 29.8. The van der Waals surface area contributed by atoms with Crippen molar-refractivity contribution in [3.05, 3.63) is 95.6 Å². The second-order valence-electron chi connectivity index (χ2n) is 9.37. The summed E-state index contributed by atoms with van der Waals surface area (Å²) in [7, 11) is 3.32. The van der Waals surface area contributed by atoms with Gasteiger partial charge in [-0.05, 0) is 29.8 Å². The van der Waals surface area contributed by atoms with Crippen molar-refractivity contribution in [2.45, 2.75) is 43.4 Å². The summed E-state index contributed by atoms with van der Waals surface area (Å²) in [6, 6.07) is 26.3. The number of methoxy groups -OCH3 is 2. The molecule has 7 nitrogen and oxygen atoms in total. The van der Waals surface area contributed by atoms with Gasteiger partial charge in [-0.3, -0.25) is 4.90 Å². The molecular weight excluding hydrogens is 458 g/mol. The molecule has 7 heteroatoms. The Morgan fingerprint density at radius 3 is 1.58 bits per heavy atom. The van der Waals surface area contributed by atoms with Crippen LogP contribution >= 0.6 is 0 Å². The van der Waals surface area contributed by atoms with Crippen LogP contribution in [0.5, 0.6) is 11.5 Å². The number of ether oxygens (including phenoxy) is 6. The van der Waals surface area contributed by atoms with Crippen molar-refractivity contribution in [1.29, 1.82) is 0 Å². The highest BCUT2D eigenvalue weighted by Crippen LogP contribution is 2.43. The van der Waals surface area contributed by atoms with Gasteiger partial charge in [-0.15, -0.1) is 0 Å². The van der Waals surface area contributed by atoms with Crippen LogP contribution in [0.3, 0.4) is 0 Å². The number of nitrogens with zero attached hydrogens (tertiary/aromatic N) is 1. The van der Waals surface area contributed by atoms with Gasteiger partial charge in [-0.25, -0.2) is 0 Å². The van der Waals surface area contributed by atoms with Crippen LogP contribution in [0, 0.1) is 0 Å². The van der Waals surface area contributed by atoms with Crippen molar-refractivity contribution in [1.82, 2.24) is 4.90 Å². The Balaban J connectivity index is 1.26. The molecule has 0 amide bonds. The average molecular weight is 490 g/mol. The Labute approximate surface area is 211 Å². The lowest BCUT2D eigenvalue weighted by Crippen LogP contribution is -2.47. The monoisotopic (exact) mass is 489 g/mol. The van der Waals surface area contributed by atoms with Gasteiger partial charge in [0.15, 0.2) is 12.6 Å². The predicted octanol–water partition coefficient (Wildman–Crippen LogP) is 4.49. The van der Waals surface area contributed by atoms with Crippen molar-refractivity contribution in [2.75, 3.05) is 27.4 Å². The third kappa shape index (κ3) is 4.49. The molecule has 0 radical (unpaired) electrons. The van der Waals surface area contributed by atoms with Crippen molar-refractivity contribution in [2.24, 2.45) is 0 Å². The molecule has 2 unspecified atom stereocenters. The lowest BCUT2D eigenvalue weighted by molar-refractivity contribution is -0.278. The maximum Gasteiger partial charge on any atom is 0.184 e. The third-order valence-corrected chi connectivity index (χ3v) is 7.32. The summed E-state index contributed by atoms with van der Waals surface area (Å²) in [5.41, 5.74) is 3.17. The minimum absolute atomic E-state index is 0.0629. The minimum Gasteiger partial charge on any atom is -0.497 e. The van der Waals surface area contributed by atoms with Crippen LogP contribution in [0.25, 0.3) is 0 Å². The number of rotatable bonds is 6. The standard InChI is InChI=1S/C29H31NO6/c1-31-22-12-8-20(9-13-22)28-33-17-24-26(35-28)27-25(30(24)16-19-6-4-3-5-7-19)18-34-29(36-27)21-10-14-23(32-2)15-11-21/h3-15,24-29H,16-18H2,1-2H3/t24-,25-,26+,27+,28?,29?/m0/s1.